The fraction of sp³-hybridized carbons (Fsp3) is 0.400. The summed E-state index contributed by atoms with van der Waals surface area (Å²) >= 11 is 0. The quantitative estimate of drug-likeness (QED) is 0.437. The zero-order valence-electron chi connectivity index (χ0n) is 20.9. The number of nitrogens with one attached hydrogen (secondary N) is 2. The van der Waals surface area contributed by atoms with Crippen molar-refractivity contribution in [2.24, 2.45) is 0 Å². The summed E-state index contributed by atoms with van der Waals surface area (Å²) in [4.78, 5) is 30.0. The van der Waals surface area contributed by atoms with Crippen LogP contribution in [0.25, 0.3) is 10.8 Å². The number of para-hydroxylation sites is 1. The number of hydrogen-bond acceptors (Lipinski definition) is 4. The van der Waals surface area contributed by atoms with Crippen molar-refractivity contribution in [1.29, 1.82) is 0 Å². The molecule has 2 aliphatic rings. The predicted octanol–water partition coefficient (Wildman–Crippen LogP) is 4.56. The van der Waals surface area contributed by atoms with E-state index in [0.29, 0.717) is 13.2 Å². The first-order valence-corrected chi connectivity index (χ1v) is 13.3. The average molecular weight is 485 g/mol. The SMILES string of the molecule is O=C(NCCCCCCN1CCC2(CC1)C(=O)NCN2c1ccccc1)c1ccc2ccccc2c1. The van der Waals surface area contributed by atoms with E-state index in [4.69, 9.17) is 0 Å². The predicted molar refractivity (Wildman–Crippen MR) is 145 cm³/mol. The Hall–Kier alpha value is -3.38. The van der Waals surface area contributed by atoms with Crippen LogP contribution in [0.3, 0.4) is 0 Å². The molecule has 0 aliphatic carbocycles. The molecule has 2 amide bonds. The van der Waals surface area contributed by atoms with Crippen LogP contribution in [0.2, 0.25) is 0 Å². The standard InChI is InChI=1S/C30H36N4O2/c35-28(26-15-14-24-10-6-7-11-25(24)22-26)31-18-8-1-2-9-19-33-20-16-30(17-21-33)29(36)32-23-34(30)27-12-4-3-5-13-27/h3-7,10-15,22H,1-2,8-9,16-21,23H2,(H,31,35)(H,32,36). The van der Waals surface area contributed by atoms with E-state index in [2.05, 4.69) is 38.6 Å². The van der Waals surface area contributed by atoms with Crippen molar-refractivity contribution >= 4 is 28.3 Å². The van der Waals surface area contributed by atoms with Gasteiger partial charge in [-0.1, -0.05) is 61.4 Å². The lowest BCUT2D eigenvalue weighted by Gasteiger charge is -2.43. The minimum atomic E-state index is -0.402. The number of nitrogens with zero attached hydrogens (tertiary/aromatic N) is 2. The maximum atomic E-state index is 12.8. The van der Waals surface area contributed by atoms with Gasteiger partial charge in [-0.15, -0.1) is 0 Å². The van der Waals surface area contributed by atoms with E-state index < -0.39 is 5.54 Å². The lowest BCUT2D eigenvalue weighted by Crippen LogP contribution is -2.56. The van der Waals surface area contributed by atoms with Gasteiger partial charge in [0.1, 0.15) is 5.54 Å². The van der Waals surface area contributed by atoms with Crippen molar-refractivity contribution in [2.45, 2.75) is 44.1 Å². The van der Waals surface area contributed by atoms with Crippen molar-refractivity contribution < 1.29 is 9.59 Å². The van der Waals surface area contributed by atoms with Gasteiger partial charge in [0.2, 0.25) is 5.91 Å². The number of piperidine rings is 1. The molecule has 0 unspecified atom stereocenters. The minimum Gasteiger partial charge on any atom is -0.352 e. The average Bonchev–Trinajstić information content (AvgIpc) is 3.24. The van der Waals surface area contributed by atoms with E-state index >= 15 is 0 Å². The van der Waals surface area contributed by atoms with E-state index in [-0.39, 0.29) is 11.8 Å². The van der Waals surface area contributed by atoms with Gasteiger partial charge in [0.25, 0.3) is 5.91 Å². The Bertz CT molecular complexity index is 1190. The largest absolute Gasteiger partial charge is 0.352 e. The normalized spacial score (nSPS) is 17.4. The van der Waals surface area contributed by atoms with Gasteiger partial charge < -0.3 is 20.4 Å². The highest BCUT2D eigenvalue weighted by Gasteiger charge is 2.50. The molecule has 2 N–H and O–H groups in total. The Balaban J connectivity index is 0.990. The lowest BCUT2D eigenvalue weighted by molar-refractivity contribution is -0.125. The highest BCUT2D eigenvalue weighted by atomic mass is 16.2. The third-order valence-electron chi connectivity index (χ3n) is 7.79. The Morgan fingerprint density at radius 1 is 0.861 bits per heavy atom. The van der Waals surface area contributed by atoms with Crippen molar-refractivity contribution in [1.82, 2.24) is 15.5 Å². The third-order valence-corrected chi connectivity index (χ3v) is 7.79. The number of amides is 2. The molecule has 2 heterocycles. The van der Waals surface area contributed by atoms with Gasteiger partial charge in [-0.2, -0.15) is 0 Å². The number of anilines is 1. The molecule has 0 saturated carbocycles. The molecule has 3 aromatic carbocycles. The van der Waals surface area contributed by atoms with Crippen LogP contribution in [0.1, 0.15) is 48.9 Å². The molecule has 0 bridgehead atoms. The molecule has 3 aromatic rings. The molecule has 0 aromatic heterocycles. The molecular formula is C30H36N4O2. The maximum absolute atomic E-state index is 12.8. The van der Waals surface area contributed by atoms with Crippen molar-refractivity contribution in [3.63, 3.8) is 0 Å². The zero-order valence-corrected chi connectivity index (χ0v) is 20.9. The molecule has 188 valence electrons. The van der Waals surface area contributed by atoms with E-state index in [1.165, 1.54) is 0 Å². The van der Waals surface area contributed by atoms with E-state index in [9.17, 15) is 9.59 Å². The monoisotopic (exact) mass is 484 g/mol. The number of carbonyl (C=O) groups excluding carboxylic acids is 2. The number of benzene rings is 3. The molecule has 1 spiro atoms. The number of unbranched alkanes of at least 4 members (excludes halogenated alkanes) is 3. The fourth-order valence-corrected chi connectivity index (χ4v) is 5.63. The molecule has 6 nitrogen and oxygen atoms in total. The van der Waals surface area contributed by atoms with Gasteiger partial charge in [-0.25, -0.2) is 0 Å². The van der Waals surface area contributed by atoms with Crippen molar-refractivity contribution in [3.8, 4) is 0 Å². The fourth-order valence-electron chi connectivity index (χ4n) is 5.63. The molecule has 2 fully saturated rings. The first-order chi connectivity index (χ1) is 17.7. The van der Waals surface area contributed by atoms with Crippen LogP contribution >= 0.6 is 0 Å². The summed E-state index contributed by atoms with van der Waals surface area (Å²) in [5, 5.41) is 8.39. The summed E-state index contributed by atoms with van der Waals surface area (Å²) in [5.74, 6) is 0.181. The highest BCUT2D eigenvalue weighted by Crippen LogP contribution is 2.36. The van der Waals surface area contributed by atoms with E-state index in [1.807, 2.05) is 54.6 Å². The van der Waals surface area contributed by atoms with E-state index in [1.54, 1.807) is 0 Å². The van der Waals surface area contributed by atoms with Gasteiger partial charge in [0.15, 0.2) is 0 Å². The molecule has 5 rings (SSSR count). The first kappa shape index (κ1) is 24.3. The lowest BCUT2D eigenvalue weighted by atomic mass is 9.85. The van der Waals surface area contributed by atoms with Crippen LogP contribution in [-0.4, -0.2) is 55.1 Å². The Kier molecular flexibility index (Phi) is 7.52. The molecule has 2 aliphatic heterocycles. The summed E-state index contributed by atoms with van der Waals surface area (Å²) < 4.78 is 0. The van der Waals surface area contributed by atoms with Crippen LogP contribution in [0.5, 0.6) is 0 Å². The zero-order chi connectivity index (χ0) is 24.8. The second-order valence-corrected chi connectivity index (χ2v) is 10.0. The Morgan fingerprint density at radius 3 is 2.39 bits per heavy atom. The van der Waals surface area contributed by atoms with Crippen LogP contribution in [0, 0.1) is 0 Å². The summed E-state index contributed by atoms with van der Waals surface area (Å²) in [6.45, 7) is 4.30. The summed E-state index contributed by atoms with van der Waals surface area (Å²) in [7, 11) is 0. The van der Waals surface area contributed by atoms with Crippen LogP contribution in [0.4, 0.5) is 5.69 Å². The molecule has 0 atom stereocenters. The third kappa shape index (κ3) is 5.24. The number of fused-ring (bicyclic) bond motifs is 1. The van der Waals surface area contributed by atoms with Gasteiger partial charge in [-0.3, -0.25) is 9.59 Å². The smallest absolute Gasteiger partial charge is 0.251 e. The summed E-state index contributed by atoms with van der Waals surface area (Å²) in [6.07, 6.45) is 6.15. The van der Waals surface area contributed by atoms with Gasteiger partial charge in [0, 0.05) is 30.9 Å². The Labute approximate surface area is 213 Å². The van der Waals surface area contributed by atoms with Gasteiger partial charge in [0.05, 0.1) is 6.67 Å². The van der Waals surface area contributed by atoms with Crippen LogP contribution in [0.15, 0.2) is 72.8 Å². The summed E-state index contributed by atoms with van der Waals surface area (Å²) in [6, 6.07) is 24.3. The second kappa shape index (κ2) is 11.1. The first-order valence-electron chi connectivity index (χ1n) is 13.3. The highest BCUT2D eigenvalue weighted by molar-refractivity contribution is 5.98. The topological polar surface area (TPSA) is 64.7 Å². The van der Waals surface area contributed by atoms with E-state index in [0.717, 1.165) is 80.2 Å². The van der Waals surface area contributed by atoms with Crippen LogP contribution in [-0.2, 0) is 4.79 Å². The Morgan fingerprint density at radius 2 is 1.58 bits per heavy atom. The second-order valence-electron chi connectivity index (χ2n) is 10.0. The molecular weight excluding hydrogens is 448 g/mol. The number of rotatable bonds is 9. The molecule has 36 heavy (non-hydrogen) atoms. The van der Waals surface area contributed by atoms with Crippen molar-refractivity contribution in [3.05, 3.63) is 78.4 Å². The number of likely N-dealkylation sites (tertiary alicyclic amines) is 1. The van der Waals surface area contributed by atoms with Gasteiger partial charge >= 0.3 is 0 Å². The van der Waals surface area contributed by atoms with Gasteiger partial charge in [-0.05, 0) is 67.3 Å². The number of carbonyl (C=O) groups is 2. The van der Waals surface area contributed by atoms with Crippen LogP contribution < -0.4 is 15.5 Å². The molecule has 0 radical (unpaired) electrons. The maximum Gasteiger partial charge on any atom is 0.251 e. The molecule has 2 saturated heterocycles. The minimum absolute atomic E-state index is 0.00324. The summed E-state index contributed by atoms with van der Waals surface area (Å²) in [5.41, 5.74) is 1.44. The molecule has 6 heteroatoms. The number of hydrogen-bond donors (Lipinski definition) is 2. The van der Waals surface area contributed by atoms with Crippen molar-refractivity contribution in [2.75, 3.05) is 37.7 Å².